The molecule has 1 saturated heterocycles. The first-order valence-electron chi connectivity index (χ1n) is 7.74. The fourth-order valence-electron chi connectivity index (χ4n) is 2.98. The molecular formula is C17H22N2O2S. The van der Waals surface area contributed by atoms with Gasteiger partial charge in [0.25, 0.3) is 5.91 Å². The van der Waals surface area contributed by atoms with Crippen LogP contribution in [0.2, 0.25) is 0 Å². The number of aryl methyl sites for hydroxylation is 1. The van der Waals surface area contributed by atoms with Gasteiger partial charge in [0, 0.05) is 23.6 Å². The molecule has 2 heterocycles. The van der Waals surface area contributed by atoms with E-state index in [1.54, 1.807) is 11.8 Å². The van der Waals surface area contributed by atoms with Crippen molar-refractivity contribution in [3.05, 3.63) is 35.5 Å². The molecule has 0 unspecified atom stereocenters. The van der Waals surface area contributed by atoms with E-state index in [1.165, 1.54) is 16.5 Å². The van der Waals surface area contributed by atoms with Gasteiger partial charge in [0.15, 0.2) is 0 Å². The predicted octanol–water partition coefficient (Wildman–Crippen LogP) is 2.39. The molecule has 0 saturated carbocycles. The minimum atomic E-state index is -1.16. The molecule has 2 aromatic rings. The number of benzene rings is 1. The smallest absolute Gasteiger partial charge is 0.252 e. The highest BCUT2D eigenvalue weighted by Crippen LogP contribution is 2.27. The van der Waals surface area contributed by atoms with Gasteiger partial charge < -0.3 is 15.4 Å². The molecule has 22 heavy (non-hydrogen) atoms. The number of carbonyl (C=O) groups excluding carboxylic acids is 1. The number of hydrogen-bond acceptors (Lipinski definition) is 3. The van der Waals surface area contributed by atoms with Crippen molar-refractivity contribution in [3.8, 4) is 0 Å². The summed E-state index contributed by atoms with van der Waals surface area (Å²) in [5.74, 6) is 1.49. The lowest BCUT2D eigenvalue weighted by atomic mass is 9.95. The number of H-pyrrole nitrogens is 1. The van der Waals surface area contributed by atoms with Crippen LogP contribution >= 0.6 is 11.8 Å². The fourth-order valence-corrected chi connectivity index (χ4v) is 4.15. The molecule has 0 atom stereocenters. The van der Waals surface area contributed by atoms with E-state index >= 15 is 0 Å². The van der Waals surface area contributed by atoms with Crippen molar-refractivity contribution in [2.24, 2.45) is 0 Å². The van der Waals surface area contributed by atoms with Crippen molar-refractivity contribution in [3.63, 3.8) is 0 Å². The lowest BCUT2D eigenvalue weighted by Gasteiger charge is -2.30. The lowest BCUT2D eigenvalue weighted by molar-refractivity contribution is -0.140. The Hall–Kier alpha value is -1.46. The average molecular weight is 318 g/mol. The molecular weight excluding hydrogens is 296 g/mol. The molecule has 0 spiro atoms. The highest BCUT2D eigenvalue weighted by atomic mass is 32.2. The van der Waals surface area contributed by atoms with Gasteiger partial charge in [0.1, 0.15) is 5.60 Å². The van der Waals surface area contributed by atoms with Crippen LogP contribution in [0.5, 0.6) is 0 Å². The molecule has 118 valence electrons. The third-order valence-corrected chi connectivity index (χ3v) is 5.42. The topological polar surface area (TPSA) is 65.1 Å². The van der Waals surface area contributed by atoms with E-state index in [2.05, 4.69) is 35.4 Å². The third-order valence-electron chi connectivity index (χ3n) is 4.43. The van der Waals surface area contributed by atoms with E-state index in [-0.39, 0.29) is 5.91 Å². The van der Waals surface area contributed by atoms with Crippen LogP contribution in [0, 0.1) is 6.92 Å². The highest BCUT2D eigenvalue weighted by molar-refractivity contribution is 7.99. The minimum absolute atomic E-state index is 0.219. The van der Waals surface area contributed by atoms with Gasteiger partial charge in [0.05, 0.1) is 0 Å². The summed E-state index contributed by atoms with van der Waals surface area (Å²) in [6, 6.07) is 6.23. The van der Waals surface area contributed by atoms with Crippen LogP contribution in [0.15, 0.2) is 24.4 Å². The first-order chi connectivity index (χ1) is 10.6. The summed E-state index contributed by atoms with van der Waals surface area (Å²) in [6.07, 6.45) is 3.88. The molecule has 0 aliphatic carbocycles. The molecule has 3 rings (SSSR count). The summed E-state index contributed by atoms with van der Waals surface area (Å²) >= 11 is 1.80. The number of thioether (sulfide) groups is 1. The second-order valence-electron chi connectivity index (χ2n) is 5.96. The first-order valence-corrected chi connectivity index (χ1v) is 8.90. The molecule has 1 aromatic carbocycles. The Morgan fingerprint density at radius 2 is 2.18 bits per heavy atom. The van der Waals surface area contributed by atoms with Crippen LogP contribution in [0.4, 0.5) is 0 Å². The quantitative estimate of drug-likeness (QED) is 0.811. The number of fused-ring (bicyclic) bond motifs is 1. The van der Waals surface area contributed by atoms with Crippen LogP contribution in [-0.2, 0) is 11.2 Å². The molecule has 3 N–H and O–H groups in total. The normalized spacial score (nSPS) is 17.5. The van der Waals surface area contributed by atoms with Crippen molar-refractivity contribution in [2.75, 3.05) is 18.1 Å². The Kier molecular flexibility index (Phi) is 4.45. The first kappa shape index (κ1) is 15.4. The molecule has 0 bridgehead atoms. The standard InChI is InChI=1S/C17H22N2O2S/c1-12-3-2-4-14-13(11-19-15(12)14)5-8-18-16(20)17(21)6-9-22-10-7-17/h2-4,11,19,21H,5-10H2,1H3,(H,18,20). The highest BCUT2D eigenvalue weighted by Gasteiger charge is 2.36. The Morgan fingerprint density at radius 1 is 1.41 bits per heavy atom. The second kappa shape index (κ2) is 6.34. The SMILES string of the molecule is Cc1cccc2c(CCNC(=O)C3(O)CCSCC3)c[nH]c12. The third kappa shape index (κ3) is 3.01. The number of amides is 1. The maximum absolute atomic E-state index is 12.2. The van der Waals surface area contributed by atoms with Gasteiger partial charge in [-0.1, -0.05) is 18.2 Å². The van der Waals surface area contributed by atoms with Crippen molar-refractivity contribution in [1.82, 2.24) is 10.3 Å². The van der Waals surface area contributed by atoms with E-state index in [9.17, 15) is 9.90 Å². The number of aromatic amines is 1. The zero-order valence-electron chi connectivity index (χ0n) is 12.8. The van der Waals surface area contributed by atoms with Gasteiger partial charge in [-0.2, -0.15) is 11.8 Å². The van der Waals surface area contributed by atoms with E-state index in [1.807, 2.05) is 6.20 Å². The minimum Gasteiger partial charge on any atom is -0.380 e. The monoisotopic (exact) mass is 318 g/mol. The fraction of sp³-hybridized carbons (Fsp3) is 0.471. The van der Waals surface area contributed by atoms with Gasteiger partial charge in [0.2, 0.25) is 0 Å². The molecule has 4 nitrogen and oxygen atoms in total. The summed E-state index contributed by atoms with van der Waals surface area (Å²) in [7, 11) is 0. The van der Waals surface area contributed by atoms with Crippen molar-refractivity contribution >= 4 is 28.6 Å². The maximum Gasteiger partial charge on any atom is 0.252 e. The molecule has 1 aliphatic heterocycles. The number of aromatic nitrogens is 1. The van der Waals surface area contributed by atoms with E-state index < -0.39 is 5.60 Å². The summed E-state index contributed by atoms with van der Waals surface area (Å²) in [6.45, 7) is 2.64. The Balaban J connectivity index is 1.60. The summed E-state index contributed by atoms with van der Waals surface area (Å²) < 4.78 is 0. The summed E-state index contributed by atoms with van der Waals surface area (Å²) in [5.41, 5.74) is 2.42. The van der Waals surface area contributed by atoms with Gasteiger partial charge in [-0.15, -0.1) is 0 Å². The largest absolute Gasteiger partial charge is 0.380 e. The molecule has 0 radical (unpaired) electrons. The van der Waals surface area contributed by atoms with E-state index in [0.717, 1.165) is 23.4 Å². The number of aliphatic hydroxyl groups is 1. The predicted molar refractivity (Wildman–Crippen MR) is 91.3 cm³/mol. The van der Waals surface area contributed by atoms with Gasteiger partial charge in [-0.3, -0.25) is 4.79 Å². The molecule has 1 amide bonds. The molecule has 1 aliphatic rings. The van der Waals surface area contributed by atoms with E-state index in [4.69, 9.17) is 0 Å². The van der Waals surface area contributed by atoms with Crippen molar-refractivity contribution < 1.29 is 9.90 Å². The Labute approximate surface area is 134 Å². The number of rotatable bonds is 4. The maximum atomic E-state index is 12.2. The Bertz CT molecular complexity index is 674. The number of carbonyl (C=O) groups is 1. The second-order valence-corrected chi connectivity index (χ2v) is 7.19. The average Bonchev–Trinajstić information content (AvgIpc) is 2.93. The lowest BCUT2D eigenvalue weighted by Crippen LogP contribution is -2.49. The number of nitrogens with one attached hydrogen (secondary N) is 2. The van der Waals surface area contributed by atoms with Gasteiger partial charge in [-0.25, -0.2) is 0 Å². The zero-order valence-corrected chi connectivity index (χ0v) is 13.6. The van der Waals surface area contributed by atoms with E-state index in [0.29, 0.717) is 19.4 Å². The zero-order chi connectivity index (χ0) is 15.6. The van der Waals surface area contributed by atoms with Crippen LogP contribution < -0.4 is 5.32 Å². The number of hydrogen-bond donors (Lipinski definition) is 3. The molecule has 1 fully saturated rings. The summed E-state index contributed by atoms with van der Waals surface area (Å²) in [5, 5.41) is 14.5. The summed E-state index contributed by atoms with van der Waals surface area (Å²) in [4.78, 5) is 15.5. The van der Waals surface area contributed by atoms with Crippen molar-refractivity contribution in [2.45, 2.75) is 31.8 Å². The van der Waals surface area contributed by atoms with Crippen molar-refractivity contribution in [1.29, 1.82) is 0 Å². The van der Waals surface area contributed by atoms with Crippen LogP contribution in [-0.4, -0.2) is 39.6 Å². The van der Waals surface area contributed by atoms with Crippen LogP contribution in [0.25, 0.3) is 10.9 Å². The Morgan fingerprint density at radius 3 is 2.95 bits per heavy atom. The van der Waals surface area contributed by atoms with Gasteiger partial charge in [-0.05, 0) is 48.8 Å². The van der Waals surface area contributed by atoms with Gasteiger partial charge >= 0.3 is 0 Å². The molecule has 1 aromatic heterocycles. The molecule has 5 heteroatoms. The number of para-hydroxylation sites is 1. The van der Waals surface area contributed by atoms with Crippen LogP contribution in [0.1, 0.15) is 24.0 Å². The van der Waals surface area contributed by atoms with Crippen LogP contribution in [0.3, 0.4) is 0 Å².